The molecule has 0 unspecified atom stereocenters. The SMILES string of the molecule is CCC1=[C-]c2c(ccc3ccccc23)C1.CCC1=[C-]c2c(ccc3ccccc23)C1.Cl.Cl.[CH2-]c1ccccc1.[Si]=[Zr]. The van der Waals surface area contributed by atoms with Crippen molar-refractivity contribution in [3.63, 3.8) is 0 Å². The van der Waals surface area contributed by atoms with Crippen molar-refractivity contribution in [1.82, 2.24) is 0 Å². The summed E-state index contributed by atoms with van der Waals surface area (Å²) in [6, 6.07) is 35.9. The van der Waals surface area contributed by atoms with Crippen molar-refractivity contribution in [3.8, 4) is 0 Å². The molecule has 0 atom stereocenters. The summed E-state index contributed by atoms with van der Waals surface area (Å²) in [5, 5.41) is 5.33. The van der Waals surface area contributed by atoms with Crippen LogP contribution in [0.3, 0.4) is 0 Å². The van der Waals surface area contributed by atoms with Crippen molar-refractivity contribution >= 4 is 53.2 Å². The normalized spacial score (nSPS) is 11.8. The third-order valence-corrected chi connectivity index (χ3v) is 7.14. The van der Waals surface area contributed by atoms with Gasteiger partial charge in [0.1, 0.15) is 0 Å². The average molecular weight is 670 g/mol. The molecule has 0 aromatic heterocycles. The van der Waals surface area contributed by atoms with E-state index in [1.165, 1.54) is 78.3 Å². The molecule has 5 aromatic rings. The Labute approximate surface area is 275 Å². The van der Waals surface area contributed by atoms with Crippen LogP contribution in [0.1, 0.15) is 54.5 Å². The number of allylic oxidation sites excluding steroid dienone is 2. The van der Waals surface area contributed by atoms with Crippen molar-refractivity contribution in [1.29, 1.82) is 0 Å². The molecule has 0 heterocycles. The first-order chi connectivity index (χ1) is 19.2. The van der Waals surface area contributed by atoms with E-state index < -0.39 is 0 Å². The predicted octanol–water partition coefficient (Wildman–Crippen LogP) is 10.1. The first-order valence-electron chi connectivity index (χ1n) is 13.5. The summed E-state index contributed by atoms with van der Waals surface area (Å²) >= 11 is 1.36. The van der Waals surface area contributed by atoms with Gasteiger partial charge in [0.2, 0.25) is 0 Å². The number of hydrogen-bond donors (Lipinski definition) is 0. The zero-order chi connectivity index (χ0) is 27.6. The molecule has 2 aliphatic carbocycles. The van der Waals surface area contributed by atoms with Crippen molar-refractivity contribution in [2.45, 2.75) is 39.5 Å². The summed E-state index contributed by atoms with van der Waals surface area (Å²) in [5.74, 6) is 0. The van der Waals surface area contributed by atoms with E-state index in [1.807, 2.05) is 30.3 Å². The fraction of sp³-hybridized carbons (Fsp3) is 0.162. The van der Waals surface area contributed by atoms with E-state index in [1.54, 1.807) is 0 Å². The van der Waals surface area contributed by atoms with Gasteiger partial charge in [-0.15, -0.1) is 94.3 Å². The Morgan fingerprint density at radius 1 is 0.585 bits per heavy atom. The fourth-order valence-corrected chi connectivity index (χ4v) is 5.03. The molecule has 0 aliphatic heterocycles. The molecule has 0 bridgehead atoms. The first-order valence-corrected chi connectivity index (χ1v) is 17.7. The maximum atomic E-state index is 3.72. The van der Waals surface area contributed by atoms with E-state index in [0.717, 1.165) is 31.2 Å². The maximum absolute atomic E-state index is 3.72. The second kappa shape index (κ2) is 17.6. The number of rotatable bonds is 2. The predicted molar refractivity (Wildman–Crippen MR) is 179 cm³/mol. The zero-order valence-corrected chi connectivity index (χ0v) is 28.8. The Bertz CT molecular complexity index is 1520. The molecule has 2 radical (unpaired) electrons. The summed E-state index contributed by atoms with van der Waals surface area (Å²) in [6.07, 6.45) is 11.5. The number of fused-ring (bicyclic) bond motifs is 6. The molecule has 2 aliphatic rings. The van der Waals surface area contributed by atoms with Crippen LogP contribution < -0.4 is 0 Å². The van der Waals surface area contributed by atoms with Crippen LogP contribution in [0.5, 0.6) is 0 Å². The molecule has 0 fully saturated rings. The van der Waals surface area contributed by atoms with Gasteiger partial charge in [0.15, 0.2) is 0 Å². The van der Waals surface area contributed by atoms with Gasteiger partial charge in [0, 0.05) is 0 Å². The minimum absolute atomic E-state index is 0. The Kier molecular flexibility index (Phi) is 14.9. The summed E-state index contributed by atoms with van der Waals surface area (Å²) in [6.45, 7) is 11.2. The van der Waals surface area contributed by atoms with Crippen LogP contribution >= 0.6 is 24.8 Å². The number of hydrogen-bond acceptors (Lipinski definition) is 0. The third kappa shape index (κ3) is 8.82. The van der Waals surface area contributed by atoms with Gasteiger partial charge in [-0.3, -0.25) is 0 Å². The molecule has 208 valence electrons. The molecular weight excluding hydrogens is 635 g/mol. The van der Waals surface area contributed by atoms with E-state index in [4.69, 9.17) is 0 Å². The van der Waals surface area contributed by atoms with Crippen molar-refractivity contribution in [2.24, 2.45) is 0 Å². The Morgan fingerprint density at radius 3 is 1.34 bits per heavy atom. The molecule has 41 heavy (non-hydrogen) atoms. The fourth-order valence-electron chi connectivity index (χ4n) is 5.03. The molecule has 0 saturated carbocycles. The molecule has 4 heteroatoms. The Morgan fingerprint density at radius 2 is 0.976 bits per heavy atom. The van der Waals surface area contributed by atoms with Crippen molar-refractivity contribution in [3.05, 3.63) is 161 Å². The molecule has 0 amide bonds. The van der Waals surface area contributed by atoms with E-state index in [2.05, 4.69) is 113 Å². The van der Waals surface area contributed by atoms with Gasteiger partial charge >= 0.3 is 30.2 Å². The van der Waals surface area contributed by atoms with Crippen LogP contribution in [0, 0.1) is 19.1 Å². The van der Waals surface area contributed by atoms with Crippen LogP contribution in [0.4, 0.5) is 0 Å². The van der Waals surface area contributed by atoms with Crippen LogP contribution in [0.2, 0.25) is 0 Å². The van der Waals surface area contributed by atoms with E-state index in [9.17, 15) is 0 Å². The summed E-state index contributed by atoms with van der Waals surface area (Å²) in [4.78, 5) is 0. The van der Waals surface area contributed by atoms with Crippen LogP contribution in [-0.2, 0) is 36.2 Å². The Hall–Kier alpha value is -2.35. The van der Waals surface area contributed by atoms with E-state index >= 15 is 0 Å². The molecule has 5 aromatic carbocycles. The third-order valence-electron chi connectivity index (χ3n) is 7.14. The standard InChI is InChI=1S/2C15H13.C7H7.2ClH.Si.Zr/c2*1-2-11-9-13-8-7-12-5-3-4-6-14(12)15(13)10-11;1-7-5-3-2-4-6-7;;;;/h2*3-8H,2,9H2,1H3;2-6H,1H2;2*1H;;/q3*-1;;;;. The Balaban J connectivity index is 0.000000215. The van der Waals surface area contributed by atoms with Crippen LogP contribution in [-0.4, -0.2) is 6.88 Å². The minimum atomic E-state index is 0. The quantitative estimate of drug-likeness (QED) is 0.130. The van der Waals surface area contributed by atoms with Gasteiger partial charge in [-0.1, -0.05) is 92.1 Å². The van der Waals surface area contributed by atoms with Crippen molar-refractivity contribution in [2.75, 3.05) is 0 Å². The monoisotopic (exact) mass is 667 g/mol. The van der Waals surface area contributed by atoms with Crippen LogP contribution in [0.15, 0.2) is 114 Å². The number of benzene rings is 5. The number of halogens is 2. The topological polar surface area (TPSA) is 0 Å². The molecule has 0 spiro atoms. The second-order valence-electron chi connectivity index (χ2n) is 9.65. The molecule has 0 saturated heterocycles. The molecule has 0 nitrogen and oxygen atoms in total. The van der Waals surface area contributed by atoms with Gasteiger partial charge in [-0.2, -0.15) is 47.9 Å². The summed E-state index contributed by atoms with van der Waals surface area (Å²) < 4.78 is 0. The van der Waals surface area contributed by atoms with Gasteiger partial charge in [0.05, 0.1) is 0 Å². The first kappa shape index (κ1) is 34.8. The summed E-state index contributed by atoms with van der Waals surface area (Å²) in [5.41, 5.74) is 9.45. The van der Waals surface area contributed by atoms with Gasteiger partial charge in [-0.25, -0.2) is 0 Å². The van der Waals surface area contributed by atoms with Crippen molar-refractivity contribution < 1.29 is 23.3 Å². The van der Waals surface area contributed by atoms with Gasteiger partial charge in [0.25, 0.3) is 0 Å². The van der Waals surface area contributed by atoms with E-state index in [-0.39, 0.29) is 24.8 Å². The average Bonchev–Trinajstić information content (AvgIpc) is 3.64. The molecule has 0 N–H and O–H groups in total. The van der Waals surface area contributed by atoms with E-state index in [0.29, 0.717) is 0 Å². The van der Waals surface area contributed by atoms with Crippen LogP contribution in [0.25, 0.3) is 21.5 Å². The second-order valence-corrected chi connectivity index (χ2v) is 9.65. The molecule has 7 rings (SSSR count). The van der Waals surface area contributed by atoms with Gasteiger partial charge in [-0.05, 0) is 12.8 Å². The summed E-state index contributed by atoms with van der Waals surface area (Å²) in [7, 11) is 0. The van der Waals surface area contributed by atoms with Gasteiger partial charge < -0.3 is 0 Å². The zero-order valence-electron chi connectivity index (χ0n) is 23.7. The molecular formula is C37H35Cl2SiZr-3.